The average molecular weight is 465 g/mol. The van der Waals surface area contributed by atoms with Crippen LogP contribution in [0, 0.1) is 0 Å². The van der Waals surface area contributed by atoms with E-state index in [9.17, 15) is 27.6 Å². The molecule has 8 nitrogen and oxygen atoms in total. The van der Waals surface area contributed by atoms with Gasteiger partial charge >= 0.3 is 6.18 Å². The number of primary amides is 1. The Hall–Kier alpha value is -3.76. The summed E-state index contributed by atoms with van der Waals surface area (Å²) in [7, 11) is 1.40. The quantitative estimate of drug-likeness (QED) is 0.622. The van der Waals surface area contributed by atoms with Crippen LogP contribution in [0.4, 0.5) is 18.9 Å². The molecule has 1 aliphatic heterocycles. The van der Waals surface area contributed by atoms with Crippen molar-refractivity contribution >= 4 is 23.4 Å². The Morgan fingerprint density at radius 2 is 1.82 bits per heavy atom. The van der Waals surface area contributed by atoms with Gasteiger partial charge in [0.1, 0.15) is 23.3 Å². The van der Waals surface area contributed by atoms with Crippen LogP contribution in [-0.4, -0.2) is 42.3 Å². The lowest BCUT2D eigenvalue weighted by Gasteiger charge is -2.24. The highest BCUT2D eigenvalue weighted by Gasteiger charge is 2.36. The zero-order valence-electron chi connectivity index (χ0n) is 17.6. The molecule has 11 heteroatoms. The lowest BCUT2D eigenvalue weighted by molar-refractivity contribution is -0.137. The van der Waals surface area contributed by atoms with Gasteiger partial charge in [0, 0.05) is 25.5 Å². The van der Waals surface area contributed by atoms with Crippen molar-refractivity contribution in [2.45, 2.75) is 31.5 Å². The van der Waals surface area contributed by atoms with Gasteiger partial charge in [0.05, 0.1) is 18.4 Å². The number of likely N-dealkylation sites (tertiary alicyclic amines) is 1. The predicted octanol–water partition coefficient (Wildman–Crippen LogP) is 3.31. The first-order valence-electron chi connectivity index (χ1n) is 10.0. The minimum atomic E-state index is -4.46. The van der Waals surface area contributed by atoms with Gasteiger partial charge in [-0.05, 0) is 42.8 Å². The summed E-state index contributed by atoms with van der Waals surface area (Å²) in [5.41, 5.74) is 4.59. The van der Waals surface area contributed by atoms with Crippen LogP contribution in [0.5, 0.6) is 17.2 Å². The number of nitrogens with zero attached hydrogens (tertiary/aromatic N) is 1. The summed E-state index contributed by atoms with van der Waals surface area (Å²) in [4.78, 5) is 37.3. The number of carbonyl (C=O) groups excluding carboxylic acids is 3. The lowest BCUT2D eigenvalue weighted by atomic mass is 10.2. The number of halogens is 3. The van der Waals surface area contributed by atoms with Crippen LogP contribution in [0.25, 0.3) is 0 Å². The van der Waals surface area contributed by atoms with E-state index in [4.69, 9.17) is 15.2 Å². The molecule has 3 rings (SSSR count). The Balaban J connectivity index is 1.75. The normalized spacial score (nSPS) is 15.9. The van der Waals surface area contributed by atoms with Crippen molar-refractivity contribution in [1.29, 1.82) is 0 Å². The van der Waals surface area contributed by atoms with Gasteiger partial charge in [-0.3, -0.25) is 14.4 Å². The largest absolute Gasteiger partial charge is 0.495 e. The van der Waals surface area contributed by atoms with Gasteiger partial charge in [-0.1, -0.05) is 0 Å². The molecule has 1 aliphatic rings. The number of methoxy groups -OCH3 is 1. The third kappa shape index (κ3) is 5.93. The van der Waals surface area contributed by atoms with Crippen LogP contribution in [-0.2, 0) is 20.6 Å². The molecule has 1 fully saturated rings. The maximum atomic E-state index is 12.9. The maximum absolute atomic E-state index is 12.9. The second-order valence-electron chi connectivity index (χ2n) is 7.33. The fraction of sp³-hybridized carbons (Fsp3) is 0.318. The highest BCUT2D eigenvalue weighted by Crippen LogP contribution is 2.34. The van der Waals surface area contributed by atoms with Gasteiger partial charge in [0.15, 0.2) is 0 Å². The first kappa shape index (κ1) is 23.9. The van der Waals surface area contributed by atoms with Crippen LogP contribution in [0.3, 0.4) is 0 Å². The van der Waals surface area contributed by atoms with E-state index in [1.165, 1.54) is 42.3 Å². The molecule has 1 atom stereocenters. The van der Waals surface area contributed by atoms with Gasteiger partial charge in [-0.2, -0.15) is 13.2 Å². The number of nitrogens with one attached hydrogen (secondary N) is 1. The lowest BCUT2D eigenvalue weighted by Crippen LogP contribution is -2.43. The number of carbonyl (C=O) groups is 3. The third-order valence-corrected chi connectivity index (χ3v) is 5.08. The van der Waals surface area contributed by atoms with E-state index in [-0.39, 0.29) is 48.9 Å². The van der Waals surface area contributed by atoms with E-state index in [2.05, 4.69) is 5.32 Å². The molecule has 2 aromatic carbocycles. The Morgan fingerprint density at radius 1 is 1.15 bits per heavy atom. The Kier molecular flexibility index (Phi) is 7.10. The maximum Gasteiger partial charge on any atom is 0.416 e. The molecular formula is C22H22F3N3O5. The van der Waals surface area contributed by atoms with Gasteiger partial charge in [0.25, 0.3) is 0 Å². The van der Waals surface area contributed by atoms with Crippen LogP contribution < -0.4 is 20.5 Å². The first-order valence-corrected chi connectivity index (χ1v) is 10.0. The third-order valence-electron chi connectivity index (χ3n) is 5.08. The number of hydrogen-bond donors (Lipinski definition) is 2. The molecule has 3 amide bonds. The molecule has 2 aromatic rings. The molecule has 1 unspecified atom stereocenters. The van der Waals surface area contributed by atoms with E-state index in [0.29, 0.717) is 5.75 Å². The minimum absolute atomic E-state index is 0.0421. The standard InChI is InChI=1S/C22H22F3N3O5/c1-32-18-8-6-15(33-14-4-2-13(3-5-14)22(23,24)25)12-16(18)27-21(31)17-7-9-20(30)28(17)11-10-19(26)29/h2-6,8,12,17H,7,9-11H2,1H3,(H2,26,29)(H,27,31). The monoisotopic (exact) mass is 465 g/mol. The van der Waals surface area contributed by atoms with Crippen LogP contribution >= 0.6 is 0 Å². The topological polar surface area (TPSA) is 111 Å². The van der Waals surface area contributed by atoms with Crippen molar-refractivity contribution in [2.75, 3.05) is 19.0 Å². The molecule has 0 saturated carbocycles. The van der Waals surface area contributed by atoms with Gasteiger partial charge in [-0.25, -0.2) is 0 Å². The van der Waals surface area contributed by atoms with Gasteiger partial charge < -0.3 is 25.4 Å². The smallest absolute Gasteiger partial charge is 0.416 e. The number of ether oxygens (including phenoxy) is 2. The number of benzene rings is 2. The molecule has 0 spiro atoms. The van der Waals surface area contributed by atoms with Crippen molar-refractivity contribution in [2.24, 2.45) is 5.73 Å². The van der Waals surface area contributed by atoms with Crippen molar-refractivity contribution < 1.29 is 37.0 Å². The fourth-order valence-corrected chi connectivity index (χ4v) is 3.43. The number of hydrogen-bond acceptors (Lipinski definition) is 5. The molecule has 0 radical (unpaired) electrons. The molecule has 176 valence electrons. The number of nitrogens with two attached hydrogens (primary N) is 1. The minimum Gasteiger partial charge on any atom is -0.495 e. The van der Waals surface area contributed by atoms with E-state index in [1.54, 1.807) is 0 Å². The number of anilines is 1. The number of amides is 3. The predicted molar refractivity (Wildman–Crippen MR) is 112 cm³/mol. The Morgan fingerprint density at radius 3 is 2.42 bits per heavy atom. The second-order valence-corrected chi connectivity index (χ2v) is 7.33. The van der Waals surface area contributed by atoms with Crippen molar-refractivity contribution in [3.63, 3.8) is 0 Å². The number of rotatable bonds is 8. The summed E-state index contributed by atoms with van der Waals surface area (Å²) in [5, 5.41) is 2.69. The summed E-state index contributed by atoms with van der Waals surface area (Å²) >= 11 is 0. The average Bonchev–Trinajstić information content (AvgIpc) is 3.12. The highest BCUT2D eigenvalue weighted by molar-refractivity contribution is 6.00. The van der Waals surface area contributed by atoms with Crippen LogP contribution in [0.1, 0.15) is 24.8 Å². The molecule has 0 aliphatic carbocycles. The molecule has 1 heterocycles. The second kappa shape index (κ2) is 9.80. The van der Waals surface area contributed by atoms with Crippen molar-refractivity contribution in [1.82, 2.24) is 4.90 Å². The summed E-state index contributed by atoms with van der Waals surface area (Å²) in [6, 6.07) is 7.92. The zero-order chi connectivity index (χ0) is 24.2. The molecule has 0 bridgehead atoms. The Labute approximate surface area is 187 Å². The molecular weight excluding hydrogens is 443 g/mol. The summed E-state index contributed by atoms with van der Waals surface area (Å²) in [5.74, 6) is -0.568. The van der Waals surface area contributed by atoms with E-state index in [0.717, 1.165) is 12.1 Å². The molecule has 0 aromatic heterocycles. The van der Waals surface area contributed by atoms with Crippen molar-refractivity contribution in [3.05, 3.63) is 48.0 Å². The van der Waals surface area contributed by atoms with E-state index >= 15 is 0 Å². The molecule has 33 heavy (non-hydrogen) atoms. The summed E-state index contributed by atoms with van der Waals surface area (Å²) < 4.78 is 49.1. The Bertz CT molecular complexity index is 1040. The van der Waals surface area contributed by atoms with E-state index in [1.807, 2.05) is 0 Å². The molecule has 3 N–H and O–H groups in total. The van der Waals surface area contributed by atoms with Crippen molar-refractivity contribution in [3.8, 4) is 17.2 Å². The highest BCUT2D eigenvalue weighted by atomic mass is 19.4. The zero-order valence-corrected chi connectivity index (χ0v) is 17.6. The molecule has 1 saturated heterocycles. The van der Waals surface area contributed by atoms with Crippen LogP contribution in [0.15, 0.2) is 42.5 Å². The summed E-state index contributed by atoms with van der Waals surface area (Å²) in [6.07, 6.45) is -4.06. The first-order chi connectivity index (χ1) is 15.6. The van der Waals surface area contributed by atoms with Crippen LogP contribution in [0.2, 0.25) is 0 Å². The number of alkyl halides is 3. The van der Waals surface area contributed by atoms with Gasteiger partial charge in [-0.15, -0.1) is 0 Å². The van der Waals surface area contributed by atoms with E-state index < -0.39 is 29.6 Å². The van der Waals surface area contributed by atoms with Gasteiger partial charge in [0.2, 0.25) is 17.7 Å². The summed E-state index contributed by atoms with van der Waals surface area (Å²) in [6.45, 7) is 0.0421. The SMILES string of the molecule is COc1ccc(Oc2ccc(C(F)(F)F)cc2)cc1NC(=O)C1CCC(=O)N1CCC(N)=O. The fourth-order valence-electron chi connectivity index (χ4n) is 3.43.